The molecule has 3 heteroatoms. The Morgan fingerprint density at radius 2 is 1.95 bits per heavy atom. The second kappa shape index (κ2) is 6.68. The van der Waals surface area contributed by atoms with Gasteiger partial charge in [0.05, 0.1) is 0 Å². The van der Waals surface area contributed by atoms with Crippen LogP contribution in [0.3, 0.4) is 0 Å². The quantitative estimate of drug-likeness (QED) is 0.888. The summed E-state index contributed by atoms with van der Waals surface area (Å²) in [5.41, 5.74) is 8.11. The van der Waals surface area contributed by atoms with E-state index < -0.39 is 0 Å². The van der Waals surface area contributed by atoms with Crippen molar-refractivity contribution in [2.75, 3.05) is 13.6 Å². The molecule has 3 atom stereocenters. The fourth-order valence-electron chi connectivity index (χ4n) is 3.48. The van der Waals surface area contributed by atoms with Gasteiger partial charge in [0.25, 0.3) is 0 Å². The van der Waals surface area contributed by atoms with Gasteiger partial charge in [0, 0.05) is 23.7 Å². The van der Waals surface area contributed by atoms with Crippen LogP contribution in [0, 0.1) is 11.3 Å². The Hall–Kier alpha value is -0.570. The molecule has 0 amide bonds. The van der Waals surface area contributed by atoms with E-state index in [0.717, 1.165) is 18.0 Å². The Labute approximate surface area is 134 Å². The van der Waals surface area contributed by atoms with Crippen LogP contribution in [0.15, 0.2) is 24.3 Å². The van der Waals surface area contributed by atoms with E-state index >= 15 is 0 Å². The van der Waals surface area contributed by atoms with Crippen molar-refractivity contribution in [1.29, 1.82) is 0 Å². The summed E-state index contributed by atoms with van der Waals surface area (Å²) in [6, 6.07) is 8.91. The van der Waals surface area contributed by atoms with Gasteiger partial charge in [-0.1, -0.05) is 37.6 Å². The van der Waals surface area contributed by atoms with Gasteiger partial charge < -0.3 is 5.73 Å². The zero-order chi connectivity index (χ0) is 15.6. The molecule has 1 aromatic carbocycles. The van der Waals surface area contributed by atoms with Crippen LogP contribution in [0.2, 0.25) is 5.02 Å². The molecule has 0 aliphatic heterocycles. The first-order valence-electron chi connectivity index (χ1n) is 8.00. The molecule has 0 spiro atoms. The third-order valence-corrected chi connectivity index (χ3v) is 5.36. The van der Waals surface area contributed by atoms with Crippen molar-refractivity contribution >= 4 is 11.6 Å². The molecule has 2 N–H and O–H groups in total. The van der Waals surface area contributed by atoms with Gasteiger partial charge in [-0.3, -0.25) is 4.90 Å². The number of nitrogens with two attached hydrogens (primary N) is 1. The summed E-state index contributed by atoms with van der Waals surface area (Å²) in [6.07, 6.45) is 3.63. The van der Waals surface area contributed by atoms with Gasteiger partial charge in [0.15, 0.2) is 0 Å². The molecule has 1 aromatic rings. The lowest BCUT2D eigenvalue weighted by atomic mass is 9.70. The van der Waals surface area contributed by atoms with E-state index in [0.29, 0.717) is 23.4 Å². The van der Waals surface area contributed by atoms with Crippen LogP contribution in [-0.2, 0) is 0 Å². The first-order chi connectivity index (χ1) is 9.78. The average molecular weight is 309 g/mol. The van der Waals surface area contributed by atoms with E-state index in [1.807, 2.05) is 12.1 Å². The lowest BCUT2D eigenvalue weighted by Gasteiger charge is -2.41. The molecule has 21 heavy (non-hydrogen) atoms. The van der Waals surface area contributed by atoms with E-state index in [1.165, 1.54) is 18.4 Å². The molecular weight excluding hydrogens is 280 g/mol. The summed E-state index contributed by atoms with van der Waals surface area (Å²) in [4.78, 5) is 2.43. The number of rotatable bonds is 4. The minimum absolute atomic E-state index is 0.345. The van der Waals surface area contributed by atoms with Gasteiger partial charge >= 0.3 is 0 Å². The van der Waals surface area contributed by atoms with Crippen molar-refractivity contribution in [2.45, 2.75) is 52.1 Å². The topological polar surface area (TPSA) is 29.3 Å². The largest absolute Gasteiger partial charge is 0.327 e. The molecule has 2 rings (SSSR count). The van der Waals surface area contributed by atoms with E-state index in [2.05, 4.69) is 44.9 Å². The molecule has 3 unspecified atom stereocenters. The summed E-state index contributed by atoms with van der Waals surface area (Å²) in [5.74, 6) is 0.591. The number of hydrogen-bond donors (Lipinski definition) is 1. The maximum Gasteiger partial charge on any atom is 0.0406 e. The van der Waals surface area contributed by atoms with Crippen molar-refractivity contribution in [1.82, 2.24) is 4.90 Å². The molecule has 2 nitrogen and oxygen atoms in total. The van der Waals surface area contributed by atoms with Crippen molar-refractivity contribution in [2.24, 2.45) is 17.1 Å². The zero-order valence-electron chi connectivity index (χ0n) is 13.8. The summed E-state index contributed by atoms with van der Waals surface area (Å²) < 4.78 is 0. The molecule has 1 aliphatic carbocycles. The van der Waals surface area contributed by atoms with Crippen LogP contribution in [0.5, 0.6) is 0 Å². The molecule has 0 saturated heterocycles. The van der Waals surface area contributed by atoms with Gasteiger partial charge in [-0.05, 0) is 62.3 Å². The number of halogens is 1. The monoisotopic (exact) mass is 308 g/mol. The highest BCUT2D eigenvalue weighted by Gasteiger charge is 2.34. The maximum absolute atomic E-state index is 6.36. The summed E-state index contributed by atoms with van der Waals surface area (Å²) in [7, 11) is 2.20. The highest BCUT2D eigenvalue weighted by Crippen LogP contribution is 2.38. The Bertz CT molecular complexity index is 455. The molecule has 1 aliphatic rings. The van der Waals surface area contributed by atoms with Crippen molar-refractivity contribution in [3.63, 3.8) is 0 Å². The van der Waals surface area contributed by atoms with Gasteiger partial charge in [0.2, 0.25) is 0 Å². The van der Waals surface area contributed by atoms with E-state index in [-0.39, 0.29) is 0 Å². The zero-order valence-corrected chi connectivity index (χ0v) is 14.5. The van der Waals surface area contributed by atoms with E-state index in [9.17, 15) is 0 Å². The maximum atomic E-state index is 6.36. The van der Waals surface area contributed by atoms with E-state index in [4.69, 9.17) is 17.3 Å². The van der Waals surface area contributed by atoms with Crippen molar-refractivity contribution < 1.29 is 0 Å². The summed E-state index contributed by atoms with van der Waals surface area (Å²) in [5, 5.41) is 0.796. The number of hydrogen-bond acceptors (Lipinski definition) is 2. The SMILES string of the molecule is CC(c1ccc(Cl)cc1)N(C)CC1CC(C)(C)CCC1N. The smallest absolute Gasteiger partial charge is 0.0406 e. The van der Waals surface area contributed by atoms with Crippen LogP contribution in [-0.4, -0.2) is 24.5 Å². The van der Waals surface area contributed by atoms with Crippen LogP contribution in [0.25, 0.3) is 0 Å². The Kier molecular flexibility index (Phi) is 5.34. The summed E-state index contributed by atoms with van der Waals surface area (Å²) >= 11 is 5.97. The third-order valence-electron chi connectivity index (χ3n) is 5.11. The van der Waals surface area contributed by atoms with Crippen molar-refractivity contribution in [3.05, 3.63) is 34.9 Å². The predicted molar refractivity (Wildman–Crippen MR) is 91.6 cm³/mol. The highest BCUT2D eigenvalue weighted by atomic mass is 35.5. The molecule has 1 saturated carbocycles. The van der Waals surface area contributed by atoms with Gasteiger partial charge in [-0.25, -0.2) is 0 Å². The van der Waals surface area contributed by atoms with Crippen LogP contribution < -0.4 is 5.73 Å². The molecule has 0 aromatic heterocycles. The second-order valence-corrected chi connectivity index (χ2v) is 7.93. The standard InChI is InChI=1S/C18H29ClN2/c1-13(14-5-7-16(19)8-6-14)21(4)12-15-11-18(2,3)10-9-17(15)20/h5-8,13,15,17H,9-12,20H2,1-4H3. The van der Waals surface area contributed by atoms with Crippen LogP contribution in [0.1, 0.15) is 51.6 Å². The van der Waals surface area contributed by atoms with Crippen LogP contribution >= 0.6 is 11.6 Å². The normalized spacial score (nSPS) is 26.8. The van der Waals surface area contributed by atoms with Crippen LogP contribution in [0.4, 0.5) is 0 Å². The van der Waals surface area contributed by atoms with Crippen molar-refractivity contribution in [3.8, 4) is 0 Å². The Morgan fingerprint density at radius 3 is 2.57 bits per heavy atom. The molecule has 1 fully saturated rings. The third kappa shape index (κ3) is 4.45. The van der Waals surface area contributed by atoms with Gasteiger partial charge in [-0.15, -0.1) is 0 Å². The molecule has 0 bridgehead atoms. The molecule has 0 heterocycles. The average Bonchev–Trinajstić information content (AvgIpc) is 2.42. The number of benzene rings is 1. The molecule has 0 radical (unpaired) electrons. The Morgan fingerprint density at radius 1 is 1.33 bits per heavy atom. The number of nitrogens with zero attached hydrogens (tertiary/aromatic N) is 1. The first-order valence-corrected chi connectivity index (χ1v) is 8.37. The highest BCUT2D eigenvalue weighted by molar-refractivity contribution is 6.30. The lowest BCUT2D eigenvalue weighted by molar-refractivity contribution is 0.111. The molecular formula is C18H29ClN2. The fourth-order valence-corrected chi connectivity index (χ4v) is 3.61. The van der Waals surface area contributed by atoms with Gasteiger partial charge in [0.1, 0.15) is 0 Å². The first kappa shape index (κ1) is 16.8. The predicted octanol–water partition coefficient (Wildman–Crippen LogP) is 4.49. The van der Waals surface area contributed by atoms with Gasteiger partial charge in [-0.2, -0.15) is 0 Å². The second-order valence-electron chi connectivity index (χ2n) is 7.50. The Balaban J connectivity index is 1.99. The lowest BCUT2D eigenvalue weighted by Crippen LogP contribution is -2.44. The fraction of sp³-hybridized carbons (Fsp3) is 0.667. The summed E-state index contributed by atoms with van der Waals surface area (Å²) in [6.45, 7) is 8.06. The van der Waals surface area contributed by atoms with E-state index in [1.54, 1.807) is 0 Å². The minimum Gasteiger partial charge on any atom is -0.327 e. The minimum atomic E-state index is 0.345. The molecule has 118 valence electrons.